The Bertz CT molecular complexity index is 908. The summed E-state index contributed by atoms with van der Waals surface area (Å²) >= 11 is 0. The maximum atomic E-state index is 12.6. The second-order valence-electron chi connectivity index (χ2n) is 5.44. The molecule has 0 radical (unpaired) electrons. The number of hydrogen-bond acceptors (Lipinski definition) is 4. The summed E-state index contributed by atoms with van der Waals surface area (Å²) < 4.78 is 11.1. The zero-order chi connectivity index (χ0) is 16.0. The summed E-state index contributed by atoms with van der Waals surface area (Å²) in [6, 6.07) is 14.1. The van der Waals surface area contributed by atoms with Gasteiger partial charge < -0.3 is 14.5 Å². The van der Waals surface area contributed by atoms with E-state index in [0.29, 0.717) is 22.6 Å². The van der Waals surface area contributed by atoms with Gasteiger partial charge in [-0.25, -0.2) is 0 Å². The number of ether oxygens (including phenoxy) is 1. The van der Waals surface area contributed by atoms with E-state index < -0.39 is 6.10 Å². The number of carbonyl (C=O) groups excluding carboxylic acids is 2. The van der Waals surface area contributed by atoms with Crippen LogP contribution in [0.1, 0.15) is 23.0 Å². The molecule has 2 heterocycles. The Kier molecular flexibility index (Phi) is 2.94. The average Bonchev–Trinajstić information content (AvgIpc) is 2.99. The Hall–Kier alpha value is -3.08. The van der Waals surface area contributed by atoms with Gasteiger partial charge in [-0.2, -0.15) is 0 Å². The summed E-state index contributed by atoms with van der Waals surface area (Å²) in [5, 5.41) is 3.61. The summed E-state index contributed by atoms with van der Waals surface area (Å²) in [7, 11) is 0. The second kappa shape index (κ2) is 4.98. The number of amides is 1. The number of carbonyl (C=O) groups is 2. The van der Waals surface area contributed by atoms with Crippen molar-refractivity contribution >= 4 is 28.3 Å². The highest BCUT2D eigenvalue weighted by Crippen LogP contribution is 2.31. The first kappa shape index (κ1) is 13.6. The molecule has 5 nitrogen and oxygen atoms in total. The highest BCUT2D eigenvalue weighted by atomic mass is 16.5. The van der Waals surface area contributed by atoms with Crippen molar-refractivity contribution < 1.29 is 18.7 Å². The van der Waals surface area contributed by atoms with Gasteiger partial charge >= 0.3 is 0 Å². The van der Waals surface area contributed by atoms with E-state index in [2.05, 4.69) is 5.32 Å². The summed E-state index contributed by atoms with van der Waals surface area (Å²) in [5.74, 6) is 0.350. The van der Waals surface area contributed by atoms with Gasteiger partial charge in [0.1, 0.15) is 11.3 Å². The van der Waals surface area contributed by atoms with Gasteiger partial charge in [0, 0.05) is 10.9 Å². The number of anilines is 1. The SMILES string of the molecule is CC1Oc2ccc(C(=O)c3cc4ccccc4o3)cc2NC1=O. The Labute approximate surface area is 131 Å². The number of rotatable bonds is 2. The van der Waals surface area contributed by atoms with E-state index in [1.807, 2.05) is 24.3 Å². The van der Waals surface area contributed by atoms with E-state index >= 15 is 0 Å². The standard InChI is InChI=1S/C18H13NO4/c1-10-18(21)19-13-8-12(6-7-15(13)22-10)17(20)16-9-11-4-2-3-5-14(11)23-16/h2-10H,1H3,(H,19,21). The van der Waals surface area contributed by atoms with Crippen LogP contribution in [0.2, 0.25) is 0 Å². The molecule has 23 heavy (non-hydrogen) atoms. The van der Waals surface area contributed by atoms with Crippen LogP contribution in [-0.4, -0.2) is 17.8 Å². The number of benzene rings is 2. The van der Waals surface area contributed by atoms with Crippen LogP contribution in [0.25, 0.3) is 11.0 Å². The summed E-state index contributed by atoms with van der Waals surface area (Å²) in [5.41, 5.74) is 1.59. The lowest BCUT2D eigenvalue weighted by Crippen LogP contribution is -2.34. The third kappa shape index (κ3) is 2.26. The molecule has 2 aromatic carbocycles. The van der Waals surface area contributed by atoms with E-state index in [4.69, 9.17) is 9.15 Å². The first-order chi connectivity index (χ1) is 11.1. The normalized spacial score (nSPS) is 16.6. The minimum absolute atomic E-state index is 0.231. The lowest BCUT2D eigenvalue weighted by atomic mass is 10.1. The van der Waals surface area contributed by atoms with Crippen molar-refractivity contribution in [2.75, 3.05) is 5.32 Å². The Balaban J connectivity index is 1.71. The summed E-state index contributed by atoms with van der Waals surface area (Å²) in [6.07, 6.45) is -0.542. The van der Waals surface area contributed by atoms with Crippen molar-refractivity contribution in [2.24, 2.45) is 0 Å². The van der Waals surface area contributed by atoms with Crippen molar-refractivity contribution in [1.82, 2.24) is 0 Å². The predicted octanol–water partition coefficient (Wildman–Crippen LogP) is 3.38. The van der Waals surface area contributed by atoms with E-state index in [9.17, 15) is 9.59 Å². The molecular weight excluding hydrogens is 294 g/mol. The molecule has 0 spiro atoms. The first-order valence-electron chi connectivity index (χ1n) is 7.27. The van der Waals surface area contributed by atoms with Crippen molar-refractivity contribution in [2.45, 2.75) is 13.0 Å². The molecule has 0 fully saturated rings. The third-order valence-corrected chi connectivity index (χ3v) is 3.82. The van der Waals surface area contributed by atoms with Gasteiger partial charge in [-0.1, -0.05) is 18.2 Å². The van der Waals surface area contributed by atoms with Crippen LogP contribution >= 0.6 is 0 Å². The smallest absolute Gasteiger partial charge is 0.265 e. The molecule has 1 aliphatic heterocycles. The molecule has 114 valence electrons. The molecule has 1 aromatic heterocycles. The monoisotopic (exact) mass is 307 g/mol. The minimum Gasteiger partial charge on any atom is -0.479 e. The maximum Gasteiger partial charge on any atom is 0.265 e. The molecule has 5 heteroatoms. The minimum atomic E-state index is -0.542. The molecule has 0 bridgehead atoms. The fourth-order valence-electron chi connectivity index (χ4n) is 2.59. The van der Waals surface area contributed by atoms with E-state index in [1.165, 1.54) is 0 Å². The molecule has 1 aliphatic rings. The van der Waals surface area contributed by atoms with Gasteiger partial charge in [0.25, 0.3) is 5.91 Å². The van der Waals surface area contributed by atoms with Crippen LogP contribution in [0.5, 0.6) is 5.75 Å². The van der Waals surface area contributed by atoms with Crippen LogP contribution in [0.4, 0.5) is 5.69 Å². The topological polar surface area (TPSA) is 68.5 Å². The highest BCUT2D eigenvalue weighted by Gasteiger charge is 2.25. The van der Waals surface area contributed by atoms with E-state index in [0.717, 1.165) is 5.39 Å². The van der Waals surface area contributed by atoms with Gasteiger partial charge in [0.2, 0.25) is 5.78 Å². The number of para-hydroxylation sites is 1. The molecule has 0 saturated carbocycles. The molecular formula is C18H13NO4. The van der Waals surface area contributed by atoms with Crippen molar-refractivity contribution in [3.8, 4) is 5.75 Å². The lowest BCUT2D eigenvalue weighted by molar-refractivity contribution is -0.122. The second-order valence-corrected chi connectivity index (χ2v) is 5.44. The van der Waals surface area contributed by atoms with E-state index in [1.54, 1.807) is 31.2 Å². The number of fused-ring (bicyclic) bond motifs is 2. The average molecular weight is 307 g/mol. The molecule has 0 aliphatic carbocycles. The number of furan rings is 1. The Morgan fingerprint density at radius 3 is 2.78 bits per heavy atom. The molecule has 1 unspecified atom stereocenters. The Morgan fingerprint density at radius 1 is 1.13 bits per heavy atom. The number of ketones is 1. The molecule has 1 amide bonds. The summed E-state index contributed by atoms with van der Waals surface area (Å²) in [6.45, 7) is 1.67. The van der Waals surface area contributed by atoms with Crippen molar-refractivity contribution in [1.29, 1.82) is 0 Å². The van der Waals surface area contributed by atoms with Crippen LogP contribution in [0.3, 0.4) is 0 Å². The molecule has 1 N–H and O–H groups in total. The quantitative estimate of drug-likeness (QED) is 0.737. The molecule has 0 saturated heterocycles. The highest BCUT2D eigenvalue weighted by molar-refractivity contribution is 6.10. The van der Waals surface area contributed by atoms with Crippen LogP contribution in [0.15, 0.2) is 52.9 Å². The third-order valence-electron chi connectivity index (χ3n) is 3.82. The van der Waals surface area contributed by atoms with Gasteiger partial charge in [-0.05, 0) is 37.3 Å². The van der Waals surface area contributed by atoms with Crippen LogP contribution in [-0.2, 0) is 4.79 Å². The predicted molar refractivity (Wildman–Crippen MR) is 84.8 cm³/mol. The molecule has 1 atom stereocenters. The molecule has 3 aromatic rings. The maximum absolute atomic E-state index is 12.6. The largest absolute Gasteiger partial charge is 0.479 e. The Morgan fingerprint density at radius 2 is 1.96 bits per heavy atom. The van der Waals surface area contributed by atoms with Gasteiger partial charge in [-0.15, -0.1) is 0 Å². The molecule has 4 rings (SSSR count). The first-order valence-corrected chi connectivity index (χ1v) is 7.27. The van der Waals surface area contributed by atoms with Crippen molar-refractivity contribution in [3.63, 3.8) is 0 Å². The van der Waals surface area contributed by atoms with Crippen LogP contribution < -0.4 is 10.1 Å². The lowest BCUT2D eigenvalue weighted by Gasteiger charge is -2.23. The number of nitrogens with one attached hydrogen (secondary N) is 1. The van der Waals surface area contributed by atoms with Crippen LogP contribution in [0, 0.1) is 0 Å². The summed E-state index contributed by atoms with van der Waals surface area (Å²) in [4.78, 5) is 24.3. The van der Waals surface area contributed by atoms with E-state index in [-0.39, 0.29) is 17.5 Å². The number of hydrogen-bond donors (Lipinski definition) is 1. The van der Waals surface area contributed by atoms with Gasteiger partial charge in [0.05, 0.1) is 5.69 Å². The zero-order valence-corrected chi connectivity index (χ0v) is 12.3. The fraction of sp³-hybridized carbons (Fsp3) is 0.111. The van der Waals surface area contributed by atoms with Gasteiger partial charge in [-0.3, -0.25) is 9.59 Å². The zero-order valence-electron chi connectivity index (χ0n) is 12.3. The van der Waals surface area contributed by atoms with Gasteiger partial charge in [0.15, 0.2) is 11.9 Å². The fourth-order valence-corrected chi connectivity index (χ4v) is 2.59. The van der Waals surface area contributed by atoms with Crippen molar-refractivity contribution in [3.05, 3.63) is 59.9 Å².